The lowest BCUT2D eigenvalue weighted by atomic mass is 10.1. The van der Waals surface area contributed by atoms with Gasteiger partial charge < -0.3 is 19.3 Å². The van der Waals surface area contributed by atoms with Crippen molar-refractivity contribution in [3.8, 4) is 17.2 Å². The molecule has 0 saturated carbocycles. The fraction of sp³-hybridized carbons (Fsp3) is 0.259. The molecular weight excluding hydrogens is 420 g/mol. The molecule has 0 radical (unpaired) electrons. The van der Waals surface area contributed by atoms with Crippen LogP contribution in [-0.2, 0) is 16.0 Å². The first-order valence-electron chi connectivity index (χ1n) is 11.0. The Morgan fingerprint density at radius 3 is 2.45 bits per heavy atom. The van der Waals surface area contributed by atoms with E-state index in [2.05, 4.69) is 6.58 Å². The maximum Gasteiger partial charge on any atom is 0.343 e. The smallest absolute Gasteiger partial charge is 0.343 e. The quantitative estimate of drug-likeness (QED) is 0.178. The van der Waals surface area contributed by atoms with E-state index in [0.29, 0.717) is 37.4 Å². The van der Waals surface area contributed by atoms with E-state index in [0.717, 1.165) is 41.0 Å². The number of ether oxygens (including phenoxy) is 3. The number of phenols is 1. The molecule has 0 aliphatic rings. The Bertz CT molecular complexity index is 1130. The van der Waals surface area contributed by atoms with E-state index in [1.165, 1.54) is 0 Å². The zero-order valence-corrected chi connectivity index (χ0v) is 18.7. The summed E-state index contributed by atoms with van der Waals surface area (Å²) >= 11 is 0. The minimum absolute atomic E-state index is 0.205. The summed E-state index contributed by atoms with van der Waals surface area (Å²) in [5.74, 6) is 0.467. The average molecular weight is 449 g/mol. The van der Waals surface area contributed by atoms with Gasteiger partial charge in [-0.3, -0.25) is 0 Å². The second kappa shape index (κ2) is 11.7. The molecule has 3 rings (SSSR count). The lowest BCUT2D eigenvalue weighted by molar-refractivity contribution is -0.137. The van der Waals surface area contributed by atoms with Gasteiger partial charge in [0.25, 0.3) is 0 Å². The number of aromatic hydroxyl groups is 1. The third kappa shape index (κ3) is 6.84. The van der Waals surface area contributed by atoms with Crippen molar-refractivity contribution in [2.45, 2.75) is 32.6 Å². The minimum atomic E-state index is -0.456. The van der Waals surface area contributed by atoms with E-state index in [1.54, 1.807) is 30.3 Å². The van der Waals surface area contributed by atoms with Crippen molar-refractivity contribution in [3.05, 3.63) is 78.4 Å². The summed E-state index contributed by atoms with van der Waals surface area (Å²) in [5, 5.41) is 11.7. The third-order valence-corrected chi connectivity index (χ3v) is 5.05. The number of fused-ring (bicyclic) bond motifs is 1. The van der Waals surface area contributed by atoms with Gasteiger partial charge in [-0.2, -0.15) is 0 Å². The van der Waals surface area contributed by atoms with Crippen molar-refractivity contribution in [1.82, 2.24) is 0 Å². The fourth-order valence-corrected chi connectivity index (χ4v) is 3.33. The zero-order valence-electron chi connectivity index (χ0n) is 18.7. The van der Waals surface area contributed by atoms with Gasteiger partial charge in [0.1, 0.15) is 17.2 Å². The van der Waals surface area contributed by atoms with Gasteiger partial charge in [0.15, 0.2) is 0 Å². The highest BCUT2D eigenvalue weighted by Crippen LogP contribution is 2.26. The summed E-state index contributed by atoms with van der Waals surface area (Å²) in [6.07, 6.45) is 4.20. The van der Waals surface area contributed by atoms with Gasteiger partial charge in [0.2, 0.25) is 0 Å². The Morgan fingerprint density at radius 2 is 1.67 bits per heavy atom. The molecule has 3 aromatic carbocycles. The molecule has 1 N–H and O–H groups in total. The molecule has 6 heteroatoms. The lowest BCUT2D eigenvalue weighted by Crippen LogP contribution is -2.08. The molecule has 0 fully saturated rings. The van der Waals surface area contributed by atoms with Crippen LogP contribution in [0.5, 0.6) is 17.2 Å². The molecule has 0 amide bonds. The van der Waals surface area contributed by atoms with Crippen molar-refractivity contribution in [2.75, 3.05) is 13.2 Å². The molecule has 3 aromatic rings. The van der Waals surface area contributed by atoms with Gasteiger partial charge in [-0.1, -0.05) is 32.1 Å². The third-order valence-electron chi connectivity index (χ3n) is 5.05. The summed E-state index contributed by atoms with van der Waals surface area (Å²) in [4.78, 5) is 23.6. The normalized spacial score (nSPS) is 10.6. The second-order valence-corrected chi connectivity index (χ2v) is 7.58. The van der Waals surface area contributed by atoms with Crippen molar-refractivity contribution < 1.29 is 28.9 Å². The van der Waals surface area contributed by atoms with Crippen molar-refractivity contribution in [1.29, 1.82) is 0 Å². The molecular formula is C27H28O6. The summed E-state index contributed by atoms with van der Waals surface area (Å²) in [6, 6.07) is 15.8. The predicted octanol–water partition coefficient (Wildman–Crippen LogP) is 5.61. The average Bonchev–Trinajstić information content (AvgIpc) is 2.82. The summed E-state index contributed by atoms with van der Waals surface area (Å²) in [6.45, 7) is 6.22. The van der Waals surface area contributed by atoms with Crippen molar-refractivity contribution in [2.24, 2.45) is 0 Å². The largest absolute Gasteiger partial charge is 0.508 e. The molecule has 0 aliphatic heterocycles. The highest BCUT2D eigenvalue weighted by Gasteiger charge is 2.11. The summed E-state index contributed by atoms with van der Waals surface area (Å²) in [5.41, 5.74) is 1.20. The molecule has 6 nitrogen and oxygen atoms in total. The molecule has 0 heterocycles. The fourth-order valence-electron chi connectivity index (χ4n) is 3.33. The van der Waals surface area contributed by atoms with Crippen LogP contribution in [0.3, 0.4) is 0 Å². The number of carbonyl (C=O) groups is 2. The van der Waals surface area contributed by atoms with Gasteiger partial charge >= 0.3 is 11.9 Å². The first-order valence-corrected chi connectivity index (χ1v) is 11.0. The van der Waals surface area contributed by atoms with Crippen LogP contribution >= 0.6 is 0 Å². The minimum Gasteiger partial charge on any atom is -0.508 e. The van der Waals surface area contributed by atoms with E-state index in [4.69, 9.17) is 14.2 Å². The van der Waals surface area contributed by atoms with Crippen LogP contribution in [0.25, 0.3) is 10.8 Å². The summed E-state index contributed by atoms with van der Waals surface area (Å²) in [7, 11) is 0. The van der Waals surface area contributed by atoms with Crippen LogP contribution in [0.4, 0.5) is 0 Å². The topological polar surface area (TPSA) is 82.1 Å². The Morgan fingerprint density at radius 1 is 0.939 bits per heavy atom. The van der Waals surface area contributed by atoms with E-state index in [9.17, 15) is 14.7 Å². The Balaban J connectivity index is 1.58. The number of rotatable bonds is 11. The molecule has 0 spiro atoms. The molecule has 0 atom stereocenters. The number of aryl methyl sites for hydroxylation is 1. The molecule has 0 aromatic heterocycles. The van der Waals surface area contributed by atoms with Crippen LogP contribution in [0.15, 0.2) is 67.3 Å². The number of unbranched alkanes of at least 4 members (excludes halogenated alkanes) is 1. The van der Waals surface area contributed by atoms with Gasteiger partial charge in [-0.25, -0.2) is 9.59 Å². The number of hydrogen-bond acceptors (Lipinski definition) is 6. The molecule has 0 unspecified atom stereocenters. The second-order valence-electron chi connectivity index (χ2n) is 7.58. The highest BCUT2D eigenvalue weighted by atomic mass is 16.5. The van der Waals surface area contributed by atoms with E-state index in [-0.39, 0.29) is 5.75 Å². The van der Waals surface area contributed by atoms with E-state index < -0.39 is 11.9 Å². The SMILES string of the molecule is C=CC(=O)OCCCCOc1ccc2cc(C(=O)Oc3ccc(O)c(CCC)c3)ccc2c1. The lowest BCUT2D eigenvalue weighted by Gasteiger charge is -2.10. The van der Waals surface area contributed by atoms with Gasteiger partial charge in [-0.15, -0.1) is 0 Å². The highest BCUT2D eigenvalue weighted by molar-refractivity contribution is 5.96. The molecule has 0 aliphatic carbocycles. The number of esters is 2. The Hall–Kier alpha value is -3.80. The van der Waals surface area contributed by atoms with Gasteiger partial charge in [0, 0.05) is 6.08 Å². The van der Waals surface area contributed by atoms with Gasteiger partial charge in [0.05, 0.1) is 18.8 Å². The van der Waals surface area contributed by atoms with Crippen LogP contribution in [-0.4, -0.2) is 30.3 Å². The summed E-state index contributed by atoms with van der Waals surface area (Å²) < 4.78 is 16.2. The van der Waals surface area contributed by atoms with Crippen LogP contribution < -0.4 is 9.47 Å². The Kier molecular flexibility index (Phi) is 8.47. The predicted molar refractivity (Wildman–Crippen MR) is 127 cm³/mol. The molecule has 0 saturated heterocycles. The standard InChI is InChI=1S/C27H28O6/c1-3-7-21-18-24(12-13-25(21)28)33-27(30)22-9-8-20-17-23(11-10-19(20)16-22)31-14-5-6-15-32-26(29)4-2/h4,8-13,16-18,28H,2-3,5-7,14-15H2,1H3. The number of phenolic OH excluding ortho intramolecular Hbond substituents is 1. The van der Waals surface area contributed by atoms with Crippen molar-refractivity contribution in [3.63, 3.8) is 0 Å². The van der Waals surface area contributed by atoms with Crippen LogP contribution in [0.2, 0.25) is 0 Å². The zero-order chi connectivity index (χ0) is 23.6. The monoisotopic (exact) mass is 448 g/mol. The maximum atomic E-state index is 12.6. The number of carbonyl (C=O) groups excluding carboxylic acids is 2. The van der Waals surface area contributed by atoms with E-state index >= 15 is 0 Å². The van der Waals surface area contributed by atoms with Gasteiger partial charge in [-0.05, 0) is 78.1 Å². The molecule has 0 bridgehead atoms. The van der Waals surface area contributed by atoms with Crippen LogP contribution in [0, 0.1) is 0 Å². The maximum absolute atomic E-state index is 12.6. The first kappa shape index (κ1) is 23.9. The number of hydrogen-bond donors (Lipinski definition) is 1. The molecule has 172 valence electrons. The Labute approximate surface area is 193 Å². The first-order chi connectivity index (χ1) is 16.0. The number of benzene rings is 3. The van der Waals surface area contributed by atoms with E-state index in [1.807, 2.05) is 31.2 Å². The molecule has 33 heavy (non-hydrogen) atoms. The van der Waals surface area contributed by atoms with Crippen molar-refractivity contribution >= 4 is 22.7 Å². The van der Waals surface area contributed by atoms with Crippen LogP contribution in [0.1, 0.15) is 42.1 Å².